The average Bonchev–Trinajstić information content (AvgIpc) is 2.86. The number of anilines is 1. The second-order valence-corrected chi connectivity index (χ2v) is 11.6. The zero-order valence-corrected chi connectivity index (χ0v) is 22.5. The van der Waals surface area contributed by atoms with Crippen LogP contribution in [-0.4, -0.2) is 33.2 Å². The van der Waals surface area contributed by atoms with E-state index in [-0.39, 0.29) is 16.5 Å². The zero-order chi connectivity index (χ0) is 27.1. The normalized spacial score (nSPS) is 11.8. The van der Waals surface area contributed by atoms with Gasteiger partial charge in [-0.05, 0) is 54.1 Å². The van der Waals surface area contributed by atoms with Crippen molar-refractivity contribution in [1.29, 1.82) is 0 Å². The third kappa shape index (κ3) is 8.04. The molecule has 0 aliphatic heterocycles. The number of hydrogen-bond donors (Lipinski definition) is 1. The van der Waals surface area contributed by atoms with E-state index in [4.69, 9.17) is 23.2 Å². The molecule has 0 aliphatic carbocycles. The van der Waals surface area contributed by atoms with Crippen molar-refractivity contribution in [2.75, 3.05) is 23.1 Å². The molecule has 1 N–H and O–H groups in total. The molecule has 198 valence electrons. The molecule has 3 aromatic rings. The Morgan fingerprint density at radius 1 is 0.946 bits per heavy atom. The van der Waals surface area contributed by atoms with Crippen molar-refractivity contribution in [3.05, 3.63) is 94.0 Å². The quantitative estimate of drug-likeness (QED) is 0.254. The smallest absolute Gasteiger partial charge is 0.354 e. The number of halogens is 5. The van der Waals surface area contributed by atoms with Crippen molar-refractivity contribution in [2.24, 2.45) is 0 Å². The summed E-state index contributed by atoms with van der Waals surface area (Å²) in [6.45, 7) is -0.491. The summed E-state index contributed by atoms with van der Waals surface area (Å²) >= 11 is 13.9. The van der Waals surface area contributed by atoms with Gasteiger partial charge >= 0.3 is 6.18 Å². The van der Waals surface area contributed by atoms with E-state index in [1.807, 2.05) is 24.3 Å². The first-order chi connectivity index (χ1) is 17.5. The molecule has 0 atom stereocenters. The van der Waals surface area contributed by atoms with E-state index in [2.05, 4.69) is 5.32 Å². The van der Waals surface area contributed by atoms with Gasteiger partial charge in [0.15, 0.2) is 0 Å². The third-order valence-electron chi connectivity index (χ3n) is 5.16. The topological polar surface area (TPSA) is 66.5 Å². The molecule has 0 aliphatic rings. The first-order valence-corrected chi connectivity index (χ1v) is 14.4. The summed E-state index contributed by atoms with van der Waals surface area (Å²) in [5, 5.41) is 3.07. The number of alkyl halides is 3. The Labute approximate surface area is 228 Å². The monoisotopic (exact) mass is 590 g/mol. The van der Waals surface area contributed by atoms with E-state index >= 15 is 0 Å². The molecule has 0 spiro atoms. The number of amides is 1. The van der Waals surface area contributed by atoms with E-state index in [1.165, 1.54) is 24.3 Å². The maximum absolute atomic E-state index is 13.4. The van der Waals surface area contributed by atoms with Crippen LogP contribution in [0.1, 0.15) is 17.5 Å². The maximum Gasteiger partial charge on any atom is 0.416 e. The fraction of sp³-hybridized carbons (Fsp3) is 0.240. The molecule has 0 unspecified atom stereocenters. The van der Waals surface area contributed by atoms with Gasteiger partial charge < -0.3 is 5.32 Å². The largest absolute Gasteiger partial charge is 0.416 e. The Hall–Kier alpha value is -2.40. The molecule has 0 radical (unpaired) electrons. The van der Waals surface area contributed by atoms with Crippen LogP contribution < -0.4 is 9.62 Å². The highest BCUT2D eigenvalue weighted by molar-refractivity contribution is 7.98. The molecular weight excluding hydrogens is 568 g/mol. The molecule has 0 saturated carbocycles. The van der Waals surface area contributed by atoms with Crippen molar-refractivity contribution in [3.63, 3.8) is 0 Å². The number of carbonyl (C=O) groups is 1. The molecule has 0 saturated heterocycles. The molecule has 0 heterocycles. The molecule has 0 fully saturated rings. The summed E-state index contributed by atoms with van der Waals surface area (Å²) in [5.74, 6) is 0.728. The summed E-state index contributed by atoms with van der Waals surface area (Å²) < 4.78 is 67.3. The number of thioether (sulfide) groups is 1. The summed E-state index contributed by atoms with van der Waals surface area (Å²) in [6.07, 6.45) is -4.14. The molecular formula is C25H23Cl2F3N2O3S2. The Morgan fingerprint density at radius 3 is 2.30 bits per heavy atom. The summed E-state index contributed by atoms with van der Waals surface area (Å²) in [4.78, 5) is 12.5. The lowest BCUT2D eigenvalue weighted by molar-refractivity contribution is -0.137. The minimum atomic E-state index is -4.73. The fourth-order valence-electron chi connectivity index (χ4n) is 3.29. The molecule has 3 rings (SSSR count). The highest BCUT2D eigenvalue weighted by atomic mass is 35.5. The lowest BCUT2D eigenvalue weighted by Crippen LogP contribution is -2.41. The summed E-state index contributed by atoms with van der Waals surface area (Å²) in [5.41, 5.74) is -0.528. The molecule has 1 amide bonds. The van der Waals surface area contributed by atoms with Crippen molar-refractivity contribution < 1.29 is 26.4 Å². The van der Waals surface area contributed by atoms with Crippen LogP contribution >= 0.6 is 35.0 Å². The van der Waals surface area contributed by atoms with Gasteiger partial charge in [0.05, 0.1) is 21.2 Å². The van der Waals surface area contributed by atoms with Gasteiger partial charge in [-0.2, -0.15) is 24.9 Å². The predicted octanol–water partition coefficient (Wildman–Crippen LogP) is 6.65. The van der Waals surface area contributed by atoms with E-state index in [0.717, 1.165) is 17.7 Å². The zero-order valence-electron chi connectivity index (χ0n) is 19.3. The first-order valence-electron chi connectivity index (χ1n) is 11.0. The van der Waals surface area contributed by atoms with Crippen LogP contribution in [0.3, 0.4) is 0 Å². The van der Waals surface area contributed by atoms with Gasteiger partial charge in [0, 0.05) is 17.3 Å². The molecule has 37 heavy (non-hydrogen) atoms. The lowest BCUT2D eigenvalue weighted by atomic mass is 10.2. The third-order valence-corrected chi connectivity index (χ3v) is 8.72. The van der Waals surface area contributed by atoms with Crippen molar-refractivity contribution >= 4 is 56.6 Å². The Kier molecular flexibility index (Phi) is 10.2. The minimum Gasteiger partial charge on any atom is -0.354 e. The van der Waals surface area contributed by atoms with Crippen LogP contribution in [0.15, 0.2) is 77.7 Å². The number of nitrogens with one attached hydrogen (secondary N) is 1. The van der Waals surface area contributed by atoms with Crippen molar-refractivity contribution in [1.82, 2.24) is 5.32 Å². The second kappa shape index (κ2) is 12.9. The number of benzene rings is 3. The van der Waals surface area contributed by atoms with Crippen molar-refractivity contribution in [2.45, 2.75) is 23.2 Å². The molecule has 5 nitrogen and oxygen atoms in total. The number of rotatable bonds is 11. The van der Waals surface area contributed by atoms with E-state index in [1.54, 1.807) is 17.8 Å². The lowest BCUT2D eigenvalue weighted by Gasteiger charge is -2.25. The molecule has 0 bridgehead atoms. The average molecular weight is 592 g/mol. The number of carbonyl (C=O) groups excluding carboxylic acids is 1. The van der Waals surface area contributed by atoms with Gasteiger partial charge in [-0.25, -0.2) is 8.42 Å². The van der Waals surface area contributed by atoms with Gasteiger partial charge in [0.2, 0.25) is 5.91 Å². The fourth-order valence-corrected chi connectivity index (χ4v) is 6.25. The Morgan fingerprint density at radius 2 is 1.62 bits per heavy atom. The molecule has 3 aromatic carbocycles. The molecule has 0 aromatic heterocycles. The van der Waals surface area contributed by atoms with Gasteiger partial charge in [-0.3, -0.25) is 9.10 Å². The number of nitrogens with zero attached hydrogens (tertiary/aromatic N) is 1. The van der Waals surface area contributed by atoms with Gasteiger partial charge in [-0.15, -0.1) is 0 Å². The van der Waals surface area contributed by atoms with E-state index in [9.17, 15) is 26.4 Å². The molecule has 12 heteroatoms. The van der Waals surface area contributed by atoms with Gasteiger partial charge in [-0.1, -0.05) is 59.6 Å². The first kappa shape index (κ1) is 29.2. The van der Waals surface area contributed by atoms with Crippen LogP contribution in [0.2, 0.25) is 10.0 Å². The highest BCUT2D eigenvalue weighted by Crippen LogP contribution is 2.37. The number of sulfonamides is 1. The van der Waals surface area contributed by atoms with Crippen LogP contribution in [0.5, 0.6) is 0 Å². The predicted molar refractivity (Wildman–Crippen MR) is 143 cm³/mol. The Bertz CT molecular complexity index is 1320. The van der Waals surface area contributed by atoms with Crippen LogP contribution in [0.25, 0.3) is 0 Å². The van der Waals surface area contributed by atoms with E-state index < -0.39 is 39.9 Å². The van der Waals surface area contributed by atoms with Gasteiger partial charge in [0.25, 0.3) is 10.0 Å². The van der Waals surface area contributed by atoms with Crippen LogP contribution in [-0.2, 0) is 26.7 Å². The minimum absolute atomic E-state index is 0.188. The van der Waals surface area contributed by atoms with E-state index in [0.29, 0.717) is 33.3 Å². The van der Waals surface area contributed by atoms with Crippen LogP contribution in [0, 0.1) is 0 Å². The highest BCUT2D eigenvalue weighted by Gasteiger charge is 2.34. The van der Waals surface area contributed by atoms with Gasteiger partial charge in [0.1, 0.15) is 6.54 Å². The summed E-state index contributed by atoms with van der Waals surface area (Å²) in [7, 11) is -4.40. The SMILES string of the molecule is O=C(CN(c1cc(C(F)(F)F)ccc1Cl)S(=O)(=O)c1ccccc1)NCCCSCc1ccccc1Cl. The van der Waals surface area contributed by atoms with Crippen LogP contribution in [0.4, 0.5) is 18.9 Å². The summed E-state index contributed by atoms with van der Waals surface area (Å²) in [6, 6.07) is 16.9. The Balaban J connectivity index is 1.70. The standard InChI is InChI=1S/C25H23Cl2F3N2O3S2/c26-21-10-5-4-7-18(21)17-36-14-6-13-31-24(33)16-32(37(34,35)20-8-2-1-3-9-20)23-15-19(25(28,29)30)11-12-22(23)27/h1-5,7-12,15H,6,13-14,16-17H2,(H,31,33). The van der Waals surface area contributed by atoms with Crippen molar-refractivity contribution in [3.8, 4) is 0 Å². The number of hydrogen-bond acceptors (Lipinski definition) is 4. The maximum atomic E-state index is 13.4. The second-order valence-electron chi connectivity index (χ2n) is 7.84.